The lowest BCUT2D eigenvalue weighted by molar-refractivity contribution is 0.0485. The van der Waals surface area contributed by atoms with Crippen LogP contribution in [-0.4, -0.2) is 34.1 Å². The largest absolute Gasteiger partial charge is 0.493 e. The van der Waals surface area contributed by atoms with Gasteiger partial charge in [0.15, 0.2) is 0 Å². The van der Waals surface area contributed by atoms with Crippen LogP contribution in [0.5, 0.6) is 5.75 Å². The Labute approximate surface area is 157 Å². The lowest BCUT2D eigenvalue weighted by Gasteiger charge is -2.08. The van der Waals surface area contributed by atoms with Crippen molar-refractivity contribution in [3.63, 3.8) is 0 Å². The average Bonchev–Trinajstić information content (AvgIpc) is 2.67. The van der Waals surface area contributed by atoms with Gasteiger partial charge < -0.3 is 9.47 Å². The van der Waals surface area contributed by atoms with Gasteiger partial charge in [0.2, 0.25) is 10.0 Å². The first kappa shape index (κ1) is 20.4. The topological polar surface area (TPSA) is 81.7 Å². The molecule has 27 heavy (non-hydrogen) atoms. The minimum absolute atomic E-state index is 0.0770. The number of hydrogen-bond acceptors (Lipinski definition) is 5. The highest BCUT2D eigenvalue weighted by Gasteiger charge is 2.16. The van der Waals surface area contributed by atoms with Gasteiger partial charge in [-0.15, -0.1) is 6.42 Å². The molecular weight excluding hydrogens is 373 g/mol. The fourth-order valence-electron chi connectivity index (χ4n) is 2.04. The molecule has 1 N–H and O–H groups in total. The molecule has 142 valence electrons. The van der Waals surface area contributed by atoms with E-state index in [0.717, 1.165) is 0 Å². The van der Waals surface area contributed by atoms with Gasteiger partial charge in [-0.05, 0) is 42.5 Å². The molecule has 2 aromatic carbocycles. The van der Waals surface area contributed by atoms with Crippen molar-refractivity contribution >= 4 is 16.0 Å². The molecule has 0 aromatic heterocycles. The Balaban J connectivity index is 1.83. The Morgan fingerprint density at radius 3 is 2.59 bits per heavy atom. The summed E-state index contributed by atoms with van der Waals surface area (Å²) in [5.74, 6) is 1.69. The third kappa shape index (κ3) is 6.40. The third-order valence-electron chi connectivity index (χ3n) is 3.35. The standard InChI is InChI=1S/C19H18FNO5S/c1-2-11-21-27(23,24)18-6-3-5-15(14-18)19(22)26-13-4-12-25-17-9-7-16(20)8-10-17/h1,3,5-10,14,21H,4,11-13H2. The second-order valence-corrected chi connectivity index (χ2v) is 7.12. The number of esters is 1. The number of benzene rings is 2. The van der Waals surface area contributed by atoms with Gasteiger partial charge in [-0.3, -0.25) is 0 Å². The summed E-state index contributed by atoms with van der Waals surface area (Å²) < 4.78 is 49.5. The first-order valence-corrected chi connectivity index (χ1v) is 9.49. The molecule has 0 saturated heterocycles. The highest BCUT2D eigenvalue weighted by atomic mass is 32.2. The zero-order chi connectivity index (χ0) is 19.7. The summed E-state index contributed by atoms with van der Waals surface area (Å²) in [6, 6.07) is 11.0. The quantitative estimate of drug-likeness (QED) is 0.403. The summed E-state index contributed by atoms with van der Waals surface area (Å²) in [7, 11) is -3.79. The van der Waals surface area contributed by atoms with Crippen LogP contribution in [0.2, 0.25) is 0 Å². The number of nitrogens with one attached hydrogen (secondary N) is 1. The molecule has 0 heterocycles. The van der Waals surface area contributed by atoms with Crippen molar-refractivity contribution in [1.29, 1.82) is 0 Å². The molecule has 6 nitrogen and oxygen atoms in total. The first-order valence-electron chi connectivity index (χ1n) is 8.01. The number of terminal acetylenes is 1. The molecule has 0 saturated carbocycles. The number of hydrogen-bond donors (Lipinski definition) is 1. The average molecular weight is 391 g/mol. The zero-order valence-electron chi connectivity index (χ0n) is 14.4. The van der Waals surface area contributed by atoms with E-state index >= 15 is 0 Å². The second kappa shape index (κ2) is 9.71. The molecule has 0 radical (unpaired) electrons. The van der Waals surface area contributed by atoms with Crippen LogP contribution in [-0.2, 0) is 14.8 Å². The Morgan fingerprint density at radius 2 is 1.89 bits per heavy atom. The SMILES string of the molecule is C#CCNS(=O)(=O)c1cccc(C(=O)OCCCOc2ccc(F)cc2)c1. The monoisotopic (exact) mass is 391 g/mol. The van der Waals surface area contributed by atoms with Crippen LogP contribution in [0.1, 0.15) is 16.8 Å². The third-order valence-corrected chi connectivity index (χ3v) is 4.75. The minimum atomic E-state index is -3.79. The molecule has 0 atom stereocenters. The first-order chi connectivity index (χ1) is 12.9. The van der Waals surface area contributed by atoms with Crippen LogP contribution in [0.25, 0.3) is 0 Å². The Hall–Kier alpha value is -2.89. The predicted molar refractivity (Wildman–Crippen MR) is 97.3 cm³/mol. The van der Waals surface area contributed by atoms with Crippen molar-refractivity contribution in [3.05, 3.63) is 59.9 Å². The van der Waals surface area contributed by atoms with Crippen LogP contribution < -0.4 is 9.46 Å². The summed E-state index contributed by atoms with van der Waals surface area (Å²) in [4.78, 5) is 12.0. The van der Waals surface area contributed by atoms with E-state index in [2.05, 4.69) is 10.6 Å². The van der Waals surface area contributed by atoms with Crippen LogP contribution in [0, 0.1) is 18.2 Å². The molecule has 0 unspecified atom stereocenters. The number of carbonyl (C=O) groups excluding carboxylic acids is 1. The number of ether oxygens (including phenoxy) is 2. The van der Waals surface area contributed by atoms with E-state index < -0.39 is 16.0 Å². The smallest absolute Gasteiger partial charge is 0.338 e. The van der Waals surface area contributed by atoms with Crippen LogP contribution in [0.4, 0.5) is 4.39 Å². The summed E-state index contributed by atoms with van der Waals surface area (Å²) >= 11 is 0. The summed E-state index contributed by atoms with van der Waals surface area (Å²) in [6.45, 7) is 0.223. The molecule has 0 amide bonds. The number of sulfonamides is 1. The minimum Gasteiger partial charge on any atom is -0.493 e. The second-order valence-electron chi connectivity index (χ2n) is 5.35. The number of halogens is 1. The van der Waals surface area contributed by atoms with Gasteiger partial charge in [-0.25, -0.2) is 17.6 Å². The van der Waals surface area contributed by atoms with Crippen molar-refractivity contribution in [2.75, 3.05) is 19.8 Å². The van der Waals surface area contributed by atoms with Gasteiger partial charge in [-0.2, -0.15) is 4.72 Å². The summed E-state index contributed by atoms with van der Waals surface area (Å²) in [5.41, 5.74) is 0.109. The van der Waals surface area contributed by atoms with E-state index in [-0.39, 0.29) is 36.0 Å². The van der Waals surface area contributed by atoms with E-state index in [9.17, 15) is 17.6 Å². The zero-order valence-corrected chi connectivity index (χ0v) is 15.2. The molecule has 0 spiro atoms. The molecule has 2 rings (SSSR count). The summed E-state index contributed by atoms with van der Waals surface area (Å²) in [5, 5.41) is 0. The fourth-order valence-corrected chi connectivity index (χ4v) is 3.02. The number of carbonyl (C=O) groups is 1. The maximum Gasteiger partial charge on any atom is 0.338 e. The van der Waals surface area contributed by atoms with Gasteiger partial charge in [-0.1, -0.05) is 12.0 Å². The van der Waals surface area contributed by atoms with Crippen molar-refractivity contribution in [2.24, 2.45) is 0 Å². The van der Waals surface area contributed by atoms with Crippen molar-refractivity contribution in [2.45, 2.75) is 11.3 Å². The molecule has 0 bridgehead atoms. The van der Waals surface area contributed by atoms with E-state index in [1.165, 1.54) is 48.5 Å². The molecule has 0 aliphatic carbocycles. The lowest BCUT2D eigenvalue weighted by atomic mass is 10.2. The highest BCUT2D eigenvalue weighted by molar-refractivity contribution is 7.89. The Kier molecular flexibility index (Phi) is 7.34. The van der Waals surface area contributed by atoms with Gasteiger partial charge in [0.05, 0.1) is 30.2 Å². The van der Waals surface area contributed by atoms with Crippen LogP contribution >= 0.6 is 0 Å². The van der Waals surface area contributed by atoms with Crippen molar-refractivity contribution < 1.29 is 27.1 Å². The maximum absolute atomic E-state index is 12.8. The predicted octanol–water partition coefficient (Wildman–Crippen LogP) is 2.36. The normalized spacial score (nSPS) is 10.8. The lowest BCUT2D eigenvalue weighted by Crippen LogP contribution is -2.24. The molecule has 8 heteroatoms. The molecule has 0 aliphatic rings. The molecule has 0 aliphatic heterocycles. The fraction of sp³-hybridized carbons (Fsp3) is 0.211. The van der Waals surface area contributed by atoms with Crippen molar-refractivity contribution in [3.8, 4) is 18.1 Å². The van der Waals surface area contributed by atoms with E-state index in [1.807, 2.05) is 0 Å². The van der Waals surface area contributed by atoms with Gasteiger partial charge >= 0.3 is 5.97 Å². The van der Waals surface area contributed by atoms with E-state index in [1.54, 1.807) is 0 Å². The Bertz CT molecular complexity index is 920. The number of rotatable bonds is 9. The van der Waals surface area contributed by atoms with Crippen molar-refractivity contribution in [1.82, 2.24) is 4.72 Å². The Morgan fingerprint density at radius 1 is 1.15 bits per heavy atom. The summed E-state index contributed by atoms with van der Waals surface area (Å²) in [6.07, 6.45) is 5.46. The molecule has 0 fully saturated rings. The highest BCUT2D eigenvalue weighted by Crippen LogP contribution is 2.13. The van der Waals surface area contributed by atoms with E-state index in [4.69, 9.17) is 15.9 Å². The van der Waals surface area contributed by atoms with Crippen LogP contribution in [0.3, 0.4) is 0 Å². The van der Waals surface area contributed by atoms with Crippen LogP contribution in [0.15, 0.2) is 53.4 Å². The molecule has 2 aromatic rings. The van der Waals surface area contributed by atoms with Gasteiger partial charge in [0.1, 0.15) is 11.6 Å². The van der Waals surface area contributed by atoms with E-state index in [0.29, 0.717) is 12.2 Å². The van der Waals surface area contributed by atoms with Gasteiger partial charge in [0, 0.05) is 6.42 Å². The maximum atomic E-state index is 12.8. The van der Waals surface area contributed by atoms with Gasteiger partial charge in [0.25, 0.3) is 0 Å². The molecular formula is C19H18FNO5S.